The molecule has 0 saturated heterocycles. The lowest BCUT2D eigenvalue weighted by molar-refractivity contribution is 0.462. The zero-order valence-electron chi connectivity index (χ0n) is 21.1. The van der Waals surface area contributed by atoms with Crippen molar-refractivity contribution >= 4 is 38.6 Å². The highest BCUT2D eigenvalue weighted by atomic mass is 32.2. The van der Waals surface area contributed by atoms with Gasteiger partial charge in [-0.25, -0.2) is 28.3 Å². The fourth-order valence-corrected chi connectivity index (χ4v) is 5.01. The number of hydrogen-bond acceptors (Lipinski definition) is 11. The van der Waals surface area contributed by atoms with Gasteiger partial charge in [0, 0.05) is 32.8 Å². The maximum absolute atomic E-state index is 14.4. The van der Waals surface area contributed by atoms with Crippen LogP contribution in [-0.4, -0.2) is 61.7 Å². The summed E-state index contributed by atoms with van der Waals surface area (Å²) >= 11 is 0. The molecule has 39 heavy (non-hydrogen) atoms. The standard InChI is InChI=1S/C23H24FN11O3S/c1-13-30-31-17(38-13)12-35(39(36,37)33(2)3)19-20(25)28-22(29-21(19)26)18-15-8-6-10-27-23(15)34(32-18)11-14-7-4-5-9-16(14)24/h4-10H,11-12H2,1-3H3,(H4,25,26,28,29). The molecule has 16 heteroatoms. The molecule has 14 nitrogen and oxygen atoms in total. The van der Waals surface area contributed by atoms with E-state index >= 15 is 0 Å². The van der Waals surface area contributed by atoms with Crippen molar-refractivity contribution in [2.24, 2.45) is 0 Å². The van der Waals surface area contributed by atoms with E-state index in [1.165, 1.54) is 24.8 Å². The first-order chi connectivity index (χ1) is 18.6. The molecule has 0 aliphatic heterocycles. The number of nitrogens with zero attached hydrogens (tertiary/aromatic N) is 9. The van der Waals surface area contributed by atoms with Crippen molar-refractivity contribution in [1.82, 2.24) is 39.2 Å². The molecule has 0 aliphatic carbocycles. The van der Waals surface area contributed by atoms with Crippen LogP contribution in [0.5, 0.6) is 0 Å². The fraction of sp³-hybridized carbons (Fsp3) is 0.217. The summed E-state index contributed by atoms with van der Waals surface area (Å²) in [6.07, 6.45) is 1.58. The molecule has 1 aromatic carbocycles. The Hall–Kier alpha value is -4.70. The number of nitrogens with two attached hydrogens (primary N) is 2. The first-order valence-corrected chi connectivity index (χ1v) is 12.9. The molecule has 202 valence electrons. The van der Waals surface area contributed by atoms with Crippen LogP contribution in [0.4, 0.5) is 21.7 Å². The Labute approximate surface area is 222 Å². The summed E-state index contributed by atoms with van der Waals surface area (Å²) in [5.41, 5.74) is 13.6. The summed E-state index contributed by atoms with van der Waals surface area (Å²) in [5, 5.41) is 12.8. The minimum atomic E-state index is -4.14. The van der Waals surface area contributed by atoms with Crippen molar-refractivity contribution in [3.8, 4) is 11.5 Å². The van der Waals surface area contributed by atoms with Gasteiger partial charge in [-0.2, -0.15) is 17.8 Å². The highest BCUT2D eigenvalue weighted by Gasteiger charge is 2.32. The van der Waals surface area contributed by atoms with Crippen molar-refractivity contribution in [2.75, 3.05) is 29.9 Å². The lowest BCUT2D eigenvalue weighted by atomic mass is 10.2. The Balaban J connectivity index is 1.61. The van der Waals surface area contributed by atoms with Gasteiger partial charge in [-0.15, -0.1) is 10.2 Å². The molecular formula is C23H24FN11O3S. The molecular weight excluding hydrogens is 529 g/mol. The Kier molecular flexibility index (Phi) is 6.57. The predicted octanol–water partition coefficient (Wildman–Crippen LogP) is 1.74. The zero-order valence-corrected chi connectivity index (χ0v) is 22.0. The third kappa shape index (κ3) is 4.82. The van der Waals surface area contributed by atoms with Crippen molar-refractivity contribution in [3.63, 3.8) is 0 Å². The highest BCUT2D eigenvalue weighted by molar-refractivity contribution is 7.90. The predicted molar refractivity (Wildman–Crippen MR) is 141 cm³/mol. The third-order valence-corrected chi connectivity index (χ3v) is 7.56. The van der Waals surface area contributed by atoms with Crippen LogP contribution in [0.2, 0.25) is 0 Å². The van der Waals surface area contributed by atoms with Crippen LogP contribution in [0.3, 0.4) is 0 Å². The summed E-state index contributed by atoms with van der Waals surface area (Å²) in [7, 11) is -1.44. The molecule has 0 bridgehead atoms. The van der Waals surface area contributed by atoms with E-state index in [0.29, 0.717) is 16.6 Å². The summed E-state index contributed by atoms with van der Waals surface area (Å²) in [5.74, 6) is -0.517. The second-order valence-corrected chi connectivity index (χ2v) is 10.7. The van der Waals surface area contributed by atoms with Crippen LogP contribution in [0.15, 0.2) is 47.0 Å². The van der Waals surface area contributed by atoms with Gasteiger partial charge in [-0.05, 0) is 18.2 Å². The topological polar surface area (TPSA) is 188 Å². The summed E-state index contributed by atoms with van der Waals surface area (Å²) in [6, 6.07) is 9.81. The van der Waals surface area contributed by atoms with Crippen LogP contribution in [0, 0.1) is 12.7 Å². The number of aromatic nitrogens is 7. The van der Waals surface area contributed by atoms with Gasteiger partial charge < -0.3 is 15.9 Å². The van der Waals surface area contributed by atoms with Gasteiger partial charge in [0.15, 0.2) is 23.1 Å². The second kappa shape index (κ2) is 9.88. The van der Waals surface area contributed by atoms with Gasteiger partial charge in [0.2, 0.25) is 11.8 Å². The molecule has 0 amide bonds. The maximum Gasteiger partial charge on any atom is 0.304 e. The van der Waals surface area contributed by atoms with Crippen LogP contribution in [0.1, 0.15) is 17.3 Å². The molecule has 4 aromatic heterocycles. The van der Waals surface area contributed by atoms with Crippen molar-refractivity contribution in [3.05, 3.63) is 65.8 Å². The van der Waals surface area contributed by atoms with Crippen molar-refractivity contribution in [1.29, 1.82) is 0 Å². The molecule has 0 unspecified atom stereocenters. The first kappa shape index (κ1) is 25.9. The van der Waals surface area contributed by atoms with Crippen LogP contribution in [0.25, 0.3) is 22.6 Å². The van der Waals surface area contributed by atoms with E-state index < -0.39 is 10.2 Å². The number of rotatable bonds is 8. The number of halogens is 1. The Bertz CT molecular complexity index is 1760. The summed E-state index contributed by atoms with van der Waals surface area (Å²) in [4.78, 5) is 13.1. The minimum absolute atomic E-state index is 0.0183. The molecule has 4 N–H and O–H groups in total. The van der Waals surface area contributed by atoms with E-state index in [2.05, 4.69) is 30.2 Å². The lowest BCUT2D eigenvalue weighted by Crippen LogP contribution is -2.40. The van der Waals surface area contributed by atoms with Crippen LogP contribution in [-0.2, 0) is 23.3 Å². The maximum atomic E-state index is 14.4. The average Bonchev–Trinajstić information content (AvgIpc) is 3.47. The molecule has 0 saturated carbocycles. The monoisotopic (exact) mass is 553 g/mol. The summed E-state index contributed by atoms with van der Waals surface area (Å²) < 4.78 is 49.6. The largest absolute Gasteiger partial charge is 0.424 e. The van der Waals surface area contributed by atoms with E-state index in [0.717, 1.165) is 8.61 Å². The van der Waals surface area contributed by atoms with Gasteiger partial charge in [0.25, 0.3) is 0 Å². The third-order valence-electron chi connectivity index (χ3n) is 5.77. The number of pyridine rings is 1. The Morgan fingerprint density at radius 3 is 2.41 bits per heavy atom. The Morgan fingerprint density at radius 2 is 1.77 bits per heavy atom. The van der Waals surface area contributed by atoms with E-state index in [1.54, 1.807) is 43.5 Å². The van der Waals surface area contributed by atoms with Gasteiger partial charge >= 0.3 is 10.2 Å². The summed E-state index contributed by atoms with van der Waals surface area (Å²) in [6.45, 7) is 1.32. The molecule has 0 aliphatic rings. The molecule has 0 spiro atoms. The minimum Gasteiger partial charge on any atom is -0.424 e. The van der Waals surface area contributed by atoms with Gasteiger partial charge in [-0.3, -0.25) is 0 Å². The molecule has 4 heterocycles. The molecule has 5 rings (SSSR count). The number of fused-ring (bicyclic) bond motifs is 1. The van der Waals surface area contributed by atoms with Gasteiger partial charge in [0.05, 0.1) is 11.9 Å². The second-order valence-electron chi connectivity index (χ2n) is 8.65. The van der Waals surface area contributed by atoms with Gasteiger partial charge in [0.1, 0.15) is 23.7 Å². The fourth-order valence-electron chi connectivity index (χ4n) is 3.92. The Morgan fingerprint density at radius 1 is 1.05 bits per heavy atom. The van der Waals surface area contributed by atoms with Crippen molar-refractivity contribution in [2.45, 2.75) is 20.0 Å². The SMILES string of the molecule is Cc1nnc(CN(c2c(N)nc(-c3nn(Cc4ccccc4F)c4ncccc34)nc2N)S(=O)(=O)N(C)C)o1. The molecule has 5 aromatic rings. The number of aryl methyl sites for hydroxylation is 1. The molecule has 0 radical (unpaired) electrons. The average molecular weight is 554 g/mol. The number of hydrogen-bond donors (Lipinski definition) is 2. The highest BCUT2D eigenvalue weighted by Crippen LogP contribution is 2.35. The quantitative estimate of drug-likeness (QED) is 0.285. The molecule has 0 fully saturated rings. The van der Waals surface area contributed by atoms with E-state index in [1.807, 2.05) is 0 Å². The number of benzene rings is 1. The zero-order chi connectivity index (χ0) is 27.9. The van der Waals surface area contributed by atoms with E-state index in [-0.39, 0.29) is 59.5 Å². The molecule has 0 atom stereocenters. The van der Waals surface area contributed by atoms with Crippen molar-refractivity contribution < 1.29 is 17.2 Å². The van der Waals surface area contributed by atoms with E-state index in [9.17, 15) is 12.8 Å². The first-order valence-electron chi connectivity index (χ1n) is 11.5. The smallest absolute Gasteiger partial charge is 0.304 e. The lowest BCUT2D eigenvalue weighted by Gasteiger charge is -2.27. The number of anilines is 3. The van der Waals surface area contributed by atoms with Crippen LogP contribution >= 0.6 is 0 Å². The normalized spacial score (nSPS) is 11.9. The van der Waals surface area contributed by atoms with Crippen LogP contribution < -0.4 is 15.8 Å². The van der Waals surface area contributed by atoms with Gasteiger partial charge in [-0.1, -0.05) is 18.2 Å². The van der Waals surface area contributed by atoms with E-state index in [4.69, 9.17) is 15.9 Å². The number of nitrogen functional groups attached to an aromatic ring is 2.